The van der Waals surface area contributed by atoms with Crippen molar-refractivity contribution in [3.8, 4) is 0 Å². The first-order valence-electron chi connectivity index (χ1n) is 7.20. The number of piperidine rings is 1. The largest absolute Gasteiger partial charge is 0.348 e. The van der Waals surface area contributed by atoms with Gasteiger partial charge in [0.05, 0.1) is 12.2 Å². The van der Waals surface area contributed by atoms with Crippen LogP contribution in [0.4, 0.5) is 0 Å². The molecule has 3 heterocycles. The number of aromatic nitrogens is 3. The summed E-state index contributed by atoms with van der Waals surface area (Å²) in [4.78, 5) is 17.0. The van der Waals surface area contributed by atoms with Crippen molar-refractivity contribution in [2.45, 2.75) is 24.9 Å². The monoisotopic (exact) mass is 285 g/mol. The molecule has 1 aliphatic heterocycles. The fourth-order valence-electron chi connectivity index (χ4n) is 2.76. The highest BCUT2D eigenvalue weighted by molar-refractivity contribution is 5.84. The second kappa shape index (κ2) is 6.05. The normalized spacial score (nSPS) is 17.3. The van der Waals surface area contributed by atoms with Gasteiger partial charge in [-0.2, -0.15) is 5.10 Å². The SMILES string of the molecule is O=C(NCc1ccccn1)C1(n2cccn2)CCNCC1. The maximum absolute atomic E-state index is 12.8. The van der Waals surface area contributed by atoms with Gasteiger partial charge in [0.25, 0.3) is 0 Å². The fourth-order valence-corrected chi connectivity index (χ4v) is 2.76. The van der Waals surface area contributed by atoms with Crippen LogP contribution in [0.3, 0.4) is 0 Å². The maximum atomic E-state index is 12.8. The van der Waals surface area contributed by atoms with E-state index in [-0.39, 0.29) is 5.91 Å². The summed E-state index contributed by atoms with van der Waals surface area (Å²) in [6.07, 6.45) is 6.79. The molecule has 0 spiro atoms. The molecule has 0 aromatic carbocycles. The minimum Gasteiger partial charge on any atom is -0.348 e. The molecule has 0 saturated carbocycles. The molecular formula is C15H19N5O. The summed E-state index contributed by atoms with van der Waals surface area (Å²) < 4.78 is 1.79. The molecule has 6 heteroatoms. The highest BCUT2D eigenvalue weighted by Crippen LogP contribution is 2.27. The Hall–Kier alpha value is -2.21. The number of pyridine rings is 1. The van der Waals surface area contributed by atoms with Crippen LogP contribution in [0.15, 0.2) is 42.9 Å². The molecule has 0 aliphatic carbocycles. The number of nitrogens with one attached hydrogen (secondary N) is 2. The summed E-state index contributed by atoms with van der Waals surface area (Å²) >= 11 is 0. The van der Waals surface area contributed by atoms with Crippen LogP contribution in [0.1, 0.15) is 18.5 Å². The van der Waals surface area contributed by atoms with Crippen LogP contribution in [0.25, 0.3) is 0 Å². The summed E-state index contributed by atoms with van der Waals surface area (Å²) in [5.74, 6) is 0.0124. The molecule has 2 aromatic heterocycles. The predicted molar refractivity (Wildman–Crippen MR) is 78.4 cm³/mol. The second-order valence-corrected chi connectivity index (χ2v) is 5.24. The van der Waals surface area contributed by atoms with E-state index in [1.807, 2.05) is 30.5 Å². The van der Waals surface area contributed by atoms with E-state index in [4.69, 9.17) is 0 Å². The average molecular weight is 285 g/mol. The number of amides is 1. The molecule has 6 nitrogen and oxygen atoms in total. The van der Waals surface area contributed by atoms with Crippen molar-refractivity contribution in [2.75, 3.05) is 13.1 Å². The topological polar surface area (TPSA) is 71.8 Å². The third kappa shape index (κ3) is 2.80. The van der Waals surface area contributed by atoms with Gasteiger partial charge >= 0.3 is 0 Å². The molecule has 1 saturated heterocycles. The molecule has 0 atom stereocenters. The molecule has 1 aliphatic rings. The second-order valence-electron chi connectivity index (χ2n) is 5.24. The van der Waals surface area contributed by atoms with Crippen LogP contribution >= 0.6 is 0 Å². The molecule has 21 heavy (non-hydrogen) atoms. The van der Waals surface area contributed by atoms with Crippen LogP contribution in [0.2, 0.25) is 0 Å². The summed E-state index contributed by atoms with van der Waals surface area (Å²) in [7, 11) is 0. The summed E-state index contributed by atoms with van der Waals surface area (Å²) in [6.45, 7) is 2.07. The number of carbonyl (C=O) groups is 1. The van der Waals surface area contributed by atoms with Gasteiger partial charge in [-0.1, -0.05) is 6.07 Å². The Kier molecular flexibility index (Phi) is 3.96. The molecule has 1 amide bonds. The van der Waals surface area contributed by atoms with Crippen molar-refractivity contribution >= 4 is 5.91 Å². The number of hydrogen-bond acceptors (Lipinski definition) is 4. The Labute approximate surface area is 123 Å². The lowest BCUT2D eigenvalue weighted by Gasteiger charge is -2.36. The van der Waals surface area contributed by atoms with Gasteiger partial charge in [0, 0.05) is 18.6 Å². The van der Waals surface area contributed by atoms with E-state index in [0.29, 0.717) is 6.54 Å². The van der Waals surface area contributed by atoms with Crippen LogP contribution in [-0.2, 0) is 16.9 Å². The van der Waals surface area contributed by atoms with Crippen molar-refractivity contribution in [2.24, 2.45) is 0 Å². The third-order valence-electron chi connectivity index (χ3n) is 3.95. The quantitative estimate of drug-likeness (QED) is 0.866. The predicted octanol–water partition coefficient (Wildman–Crippen LogP) is 0.673. The number of rotatable bonds is 4. The first-order chi connectivity index (χ1) is 10.3. The van der Waals surface area contributed by atoms with Gasteiger partial charge in [-0.25, -0.2) is 0 Å². The van der Waals surface area contributed by atoms with Crippen molar-refractivity contribution in [3.05, 3.63) is 48.5 Å². The summed E-state index contributed by atoms with van der Waals surface area (Å²) in [6, 6.07) is 7.55. The fraction of sp³-hybridized carbons (Fsp3) is 0.400. The smallest absolute Gasteiger partial charge is 0.248 e. The lowest BCUT2D eigenvalue weighted by atomic mass is 9.87. The lowest BCUT2D eigenvalue weighted by molar-refractivity contribution is -0.132. The van der Waals surface area contributed by atoms with Gasteiger partial charge in [-0.3, -0.25) is 14.5 Å². The number of nitrogens with zero attached hydrogens (tertiary/aromatic N) is 3. The Morgan fingerprint density at radius 2 is 2.14 bits per heavy atom. The zero-order valence-corrected chi connectivity index (χ0v) is 11.8. The molecular weight excluding hydrogens is 266 g/mol. The summed E-state index contributed by atoms with van der Waals surface area (Å²) in [5.41, 5.74) is 0.263. The van der Waals surface area contributed by atoms with Crippen molar-refractivity contribution in [1.82, 2.24) is 25.4 Å². The third-order valence-corrected chi connectivity index (χ3v) is 3.95. The first kappa shape index (κ1) is 13.8. The van der Waals surface area contributed by atoms with E-state index >= 15 is 0 Å². The average Bonchev–Trinajstić information content (AvgIpc) is 3.09. The Morgan fingerprint density at radius 1 is 1.29 bits per heavy atom. The Balaban J connectivity index is 1.75. The van der Waals surface area contributed by atoms with E-state index in [1.54, 1.807) is 17.1 Å². The highest BCUT2D eigenvalue weighted by Gasteiger charge is 2.41. The molecule has 0 radical (unpaired) electrons. The van der Waals surface area contributed by atoms with Gasteiger partial charge in [-0.15, -0.1) is 0 Å². The van der Waals surface area contributed by atoms with Crippen LogP contribution in [-0.4, -0.2) is 33.8 Å². The lowest BCUT2D eigenvalue weighted by Crippen LogP contribution is -2.54. The molecule has 3 rings (SSSR count). The molecule has 110 valence electrons. The highest BCUT2D eigenvalue weighted by atomic mass is 16.2. The number of carbonyl (C=O) groups excluding carboxylic acids is 1. The zero-order valence-electron chi connectivity index (χ0n) is 11.8. The van der Waals surface area contributed by atoms with Crippen LogP contribution in [0, 0.1) is 0 Å². The van der Waals surface area contributed by atoms with E-state index < -0.39 is 5.54 Å². The van der Waals surface area contributed by atoms with E-state index in [0.717, 1.165) is 31.6 Å². The van der Waals surface area contributed by atoms with Crippen LogP contribution in [0.5, 0.6) is 0 Å². The minimum absolute atomic E-state index is 0.0124. The van der Waals surface area contributed by atoms with E-state index in [1.165, 1.54) is 0 Å². The van der Waals surface area contributed by atoms with E-state index in [9.17, 15) is 4.79 Å². The van der Waals surface area contributed by atoms with Gasteiger partial charge in [0.1, 0.15) is 5.54 Å². The Morgan fingerprint density at radius 3 is 2.81 bits per heavy atom. The zero-order chi connectivity index (χ0) is 14.5. The molecule has 0 bridgehead atoms. The maximum Gasteiger partial charge on any atom is 0.248 e. The summed E-state index contributed by atoms with van der Waals surface area (Å²) in [5, 5.41) is 10.6. The Bertz CT molecular complexity index is 575. The minimum atomic E-state index is -0.594. The van der Waals surface area contributed by atoms with E-state index in [2.05, 4.69) is 20.7 Å². The standard InChI is InChI=1S/C15H19N5O/c21-14(18-12-13-4-1-2-7-17-13)15(5-9-16-10-6-15)20-11-3-8-19-20/h1-4,7-8,11,16H,5-6,9-10,12H2,(H,18,21). The first-order valence-corrected chi connectivity index (χ1v) is 7.20. The molecule has 0 unspecified atom stereocenters. The van der Waals surface area contributed by atoms with Gasteiger partial charge < -0.3 is 10.6 Å². The van der Waals surface area contributed by atoms with Crippen molar-refractivity contribution in [3.63, 3.8) is 0 Å². The van der Waals surface area contributed by atoms with Gasteiger partial charge in [-0.05, 0) is 44.1 Å². The van der Waals surface area contributed by atoms with Crippen molar-refractivity contribution in [1.29, 1.82) is 0 Å². The molecule has 2 N–H and O–H groups in total. The molecule has 2 aromatic rings. The number of hydrogen-bond donors (Lipinski definition) is 2. The van der Waals surface area contributed by atoms with Gasteiger partial charge in [0.15, 0.2) is 0 Å². The van der Waals surface area contributed by atoms with Crippen molar-refractivity contribution < 1.29 is 4.79 Å². The van der Waals surface area contributed by atoms with Crippen LogP contribution < -0.4 is 10.6 Å². The molecule has 1 fully saturated rings. The van der Waals surface area contributed by atoms with Gasteiger partial charge in [0.2, 0.25) is 5.91 Å².